The summed E-state index contributed by atoms with van der Waals surface area (Å²) in [4.78, 5) is 10.6. The van der Waals surface area contributed by atoms with Crippen molar-refractivity contribution < 1.29 is 4.79 Å². The summed E-state index contributed by atoms with van der Waals surface area (Å²) in [5.41, 5.74) is 7.04. The van der Waals surface area contributed by atoms with Crippen molar-refractivity contribution in [3.8, 4) is 0 Å². The molecule has 3 heteroatoms. The Bertz CT molecular complexity index is 319. The Morgan fingerprint density at radius 3 is 2.27 bits per heavy atom. The number of rotatable bonds is 0. The molecule has 1 fully saturated rings. The van der Waals surface area contributed by atoms with Crippen molar-refractivity contribution in [2.75, 3.05) is 12.3 Å². The second-order valence-corrected chi connectivity index (χ2v) is 3.41. The molecule has 0 saturated carbocycles. The highest BCUT2D eigenvalue weighted by Gasteiger charge is 2.08. The van der Waals surface area contributed by atoms with Gasteiger partial charge in [-0.05, 0) is 12.1 Å². The van der Waals surface area contributed by atoms with E-state index in [0.29, 0.717) is 18.6 Å². The van der Waals surface area contributed by atoms with Gasteiger partial charge in [-0.2, -0.15) is 0 Å². The van der Waals surface area contributed by atoms with Gasteiger partial charge in [0.2, 0.25) is 0 Å². The van der Waals surface area contributed by atoms with Crippen LogP contribution in [0.1, 0.15) is 12.8 Å². The summed E-state index contributed by atoms with van der Waals surface area (Å²) in [7, 11) is 0. The maximum Gasteiger partial charge on any atom is 0.140 e. The van der Waals surface area contributed by atoms with Gasteiger partial charge in [0.05, 0.1) is 0 Å². The van der Waals surface area contributed by atoms with Crippen molar-refractivity contribution in [2.45, 2.75) is 12.8 Å². The highest BCUT2D eigenvalue weighted by atomic mass is 16.1. The first kappa shape index (κ1) is 11.3. The van der Waals surface area contributed by atoms with Gasteiger partial charge in [-0.1, -0.05) is 24.8 Å². The zero-order chi connectivity index (χ0) is 11.1. The van der Waals surface area contributed by atoms with E-state index in [1.165, 1.54) is 0 Å². The smallest absolute Gasteiger partial charge is 0.140 e. The van der Waals surface area contributed by atoms with Crippen molar-refractivity contribution >= 4 is 11.5 Å². The van der Waals surface area contributed by atoms with Crippen molar-refractivity contribution in [1.29, 1.82) is 0 Å². The SMILES string of the molecule is C=C1CC(=O)CCN1.Nc1ccccc1. The van der Waals surface area contributed by atoms with E-state index in [9.17, 15) is 4.79 Å². The van der Waals surface area contributed by atoms with Crippen LogP contribution in [-0.4, -0.2) is 12.3 Å². The predicted octanol–water partition coefficient (Wildman–Crippen LogP) is 1.72. The van der Waals surface area contributed by atoms with Gasteiger partial charge >= 0.3 is 0 Å². The van der Waals surface area contributed by atoms with Crippen LogP contribution in [0.3, 0.4) is 0 Å². The number of nitrogens with one attached hydrogen (secondary N) is 1. The third-order valence-electron chi connectivity index (χ3n) is 1.99. The fourth-order valence-electron chi connectivity index (χ4n) is 1.22. The number of carbonyl (C=O) groups excluding carboxylic acids is 1. The second kappa shape index (κ2) is 5.86. The number of allylic oxidation sites excluding steroid dienone is 1. The minimum Gasteiger partial charge on any atom is -0.399 e. The fourth-order valence-corrected chi connectivity index (χ4v) is 1.22. The normalized spacial score (nSPS) is 14.9. The van der Waals surface area contributed by atoms with Gasteiger partial charge < -0.3 is 11.1 Å². The van der Waals surface area contributed by atoms with Crippen molar-refractivity contribution in [3.63, 3.8) is 0 Å². The highest BCUT2D eigenvalue weighted by molar-refractivity contribution is 5.81. The lowest BCUT2D eigenvalue weighted by molar-refractivity contribution is -0.119. The van der Waals surface area contributed by atoms with Gasteiger partial charge in [0, 0.05) is 30.8 Å². The summed E-state index contributed by atoms with van der Waals surface area (Å²) < 4.78 is 0. The van der Waals surface area contributed by atoms with Crippen LogP contribution < -0.4 is 11.1 Å². The van der Waals surface area contributed by atoms with E-state index in [0.717, 1.165) is 17.9 Å². The van der Waals surface area contributed by atoms with E-state index >= 15 is 0 Å². The maximum atomic E-state index is 10.6. The summed E-state index contributed by atoms with van der Waals surface area (Å²) in [5.74, 6) is 0.300. The largest absolute Gasteiger partial charge is 0.399 e. The monoisotopic (exact) mass is 204 g/mol. The number of anilines is 1. The van der Waals surface area contributed by atoms with Crippen LogP contribution in [-0.2, 0) is 4.79 Å². The molecule has 0 radical (unpaired) electrons. The molecular formula is C12H16N2O. The topological polar surface area (TPSA) is 55.1 Å². The highest BCUT2D eigenvalue weighted by Crippen LogP contribution is 2.02. The minimum atomic E-state index is 0.300. The third kappa shape index (κ3) is 4.86. The molecule has 1 aromatic carbocycles. The lowest BCUT2D eigenvalue weighted by atomic mass is 10.1. The molecular weight excluding hydrogens is 188 g/mol. The molecule has 1 aromatic rings. The molecule has 0 aliphatic carbocycles. The Balaban J connectivity index is 0.000000151. The van der Waals surface area contributed by atoms with E-state index in [2.05, 4.69) is 11.9 Å². The molecule has 0 atom stereocenters. The first-order valence-corrected chi connectivity index (χ1v) is 4.92. The Kier molecular flexibility index (Phi) is 4.41. The number of piperidine rings is 1. The van der Waals surface area contributed by atoms with Crippen LogP contribution in [0.25, 0.3) is 0 Å². The Morgan fingerprint density at radius 2 is 1.93 bits per heavy atom. The predicted molar refractivity (Wildman–Crippen MR) is 62.2 cm³/mol. The molecule has 80 valence electrons. The third-order valence-corrected chi connectivity index (χ3v) is 1.99. The summed E-state index contributed by atoms with van der Waals surface area (Å²) >= 11 is 0. The molecule has 0 aromatic heterocycles. The molecule has 15 heavy (non-hydrogen) atoms. The molecule has 0 bridgehead atoms. The van der Waals surface area contributed by atoms with Crippen molar-refractivity contribution in [2.24, 2.45) is 0 Å². The van der Waals surface area contributed by atoms with Gasteiger partial charge in [-0.3, -0.25) is 4.79 Å². The number of nitrogen functional groups attached to an aromatic ring is 1. The molecule has 1 aliphatic rings. The Morgan fingerprint density at radius 1 is 1.27 bits per heavy atom. The zero-order valence-electron chi connectivity index (χ0n) is 8.70. The van der Waals surface area contributed by atoms with Crippen molar-refractivity contribution in [1.82, 2.24) is 5.32 Å². The molecule has 3 N–H and O–H groups in total. The number of hydrogen-bond donors (Lipinski definition) is 2. The standard InChI is InChI=1S/C6H9NO.C6H7N/c1-5-4-6(8)2-3-7-5;7-6-4-2-1-3-5-6/h7H,1-4H2;1-5H,7H2. The van der Waals surface area contributed by atoms with Gasteiger partial charge in [-0.25, -0.2) is 0 Å². The van der Waals surface area contributed by atoms with Crippen LogP contribution >= 0.6 is 0 Å². The number of ketones is 1. The zero-order valence-corrected chi connectivity index (χ0v) is 8.70. The number of hydrogen-bond acceptors (Lipinski definition) is 3. The van der Waals surface area contributed by atoms with E-state index < -0.39 is 0 Å². The molecule has 0 spiro atoms. The molecule has 1 saturated heterocycles. The summed E-state index contributed by atoms with van der Waals surface area (Å²) in [6.45, 7) is 4.41. The van der Waals surface area contributed by atoms with Crippen LogP contribution in [0.15, 0.2) is 42.6 Å². The Labute approximate surface area is 90.0 Å². The summed E-state index contributed by atoms with van der Waals surface area (Å²) in [6.07, 6.45) is 1.19. The summed E-state index contributed by atoms with van der Waals surface area (Å²) in [5, 5.41) is 3.00. The first-order chi connectivity index (χ1) is 7.18. The van der Waals surface area contributed by atoms with Gasteiger partial charge in [0.1, 0.15) is 5.78 Å². The van der Waals surface area contributed by atoms with E-state index in [-0.39, 0.29) is 0 Å². The van der Waals surface area contributed by atoms with E-state index in [4.69, 9.17) is 5.73 Å². The van der Waals surface area contributed by atoms with Crippen LogP contribution in [0.5, 0.6) is 0 Å². The van der Waals surface area contributed by atoms with Gasteiger partial charge in [0.25, 0.3) is 0 Å². The number of benzene rings is 1. The molecule has 0 unspecified atom stereocenters. The summed E-state index contributed by atoms with van der Waals surface area (Å²) in [6, 6.07) is 9.49. The van der Waals surface area contributed by atoms with Gasteiger partial charge in [-0.15, -0.1) is 0 Å². The molecule has 1 aliphatic heterocycles. The van der Waals surface area contributed by atoms with Gasteiger partial charge in [0.15, 0.2) is 0 Å². The average molecular weight is 204 g/mol. The molecule has 2 rings (SSSR count). The lowest BCUT2D eigenvalue weighted by Gasteiger charge is -2.13. The number of para-hydroxylation sites is 1. The quantitative estimate of drug-likeness (QED) is 0.633. The minimum absolute atomic E-state index is 0.300. The average Bonchev–Trinajstić information content (AvgIpc) is 2.19. The van der Waals surface area contributed by atoms with Crippen LogP contribution in [0.4, 0.5) is 5.69 Å². The molecule has 0 amide bonds. The lowest BCUT2D eigenvalue weighted by Crippen LogP contribution is -2.24. The first-order valence-electron chi connectivity index (χ1n) is 4.92. The number of nitrogens with two attached hydrogens (primary N) is 1. The number of carbonyl (C=O) groups is 1. The van der Waals surface area contributed by atoms with E-state index in [1.807, 2.05) is 30.3 Å². The maximum absolute atomic E-state index is 10.6. The molecule has 3 nitrogen and oxygen atoms in total. The van der Waals surface area contributed by atoms with Crippen LogP contribution in [0.2, 0.25) is 0 Å². The number of Topliss-reactive ketones (excluding diaryl/α,β-unsaturated/α-hetero) is 1. The van der Waals surface area contributed by atoms with Crippen molar-refractivity contribution in [3.05, 3.63) is 42.6 Å². The molecule has 1 heterocycles. The van der Waals surface area contributed by atoms with E-state index in [1.54, 1.807) is 0 Å². The second-order valence-electron chi connectivity index (χ2n) is 3.41. The fraction of sp³-hybridized carbons (Fsp3) is 0.250. The Hall–Kier alpha value is -1.77. The van der Waals surface area contributed by atoms with Crippen LogP contribution in [0, 0.1) is 0 Å².